The van der Waals surface area contributed by atoms with Gasteiger partial charge in [0, 0.05) is 25.7 Å². The number of carbonyl (C=O) groups excluding carboxylic acids is 1. The van der Waals surface area contributed by atoms with Gasteiger partial charge in [-0.25, -0.2) is 0 Å². The fraction of sp³-hybridized carbons (Fsp3) is 0.562. The highest BCUT2D eigenvalue weighted by Gasteiger charge is 2.36. The summed E-state index contributed by atoms with van der Waals surface area (Å²) >= 11 is 0. The van der Waals surface area contributed by atoms with Crippen molar-refractivity contribution in [3.63, 3.8) is 0 Å². The third-order valence-corrected chi connectivity index (χ3v) is 4.84. The monoisotopic (exact) mass is 271 g/mol. The first kappa shape index (κ1) is 12.2. The van der Waals surface area contributed by atoms with Crippen LogP contribution in [0.2, 0.25) is 0 Å². The summed E-state index contributed by atoms with van der Waals surface area (Å²) in [7, 11) is 0. The Kier molecular flexibility index (Phi) is 2.74. The van der Waals surface area contributed by atoms with E-state index in [1.54, 1.807) is 0 Å². The van der Waals surface area contributed by atoms with Gasteiger partial charge in [0.15, 0.2) is 0 Å². The number of hydrogen-bond acceptors (Lipinski definition) is 3. The lowest BCUT2D eigenvalue weighted by molar-refractivity contribution is 0.0925. The Hall–Kier alpha value is -1.55. The van der Waals surface area contributed by atoms with E-state index in [4.69, 9.17) is 0 Å². The van der Waals surface area contributed by atoms with E-state index < -0.39 is 0 Å². The smallest absolute Gasteiger partial charge is 0.255 e. The molecule has 2 heterocycles. The topological polar surface area (TPSA) is 35.6 Å². The van der Waals surface area contributed by atoms with Crippen molar-refractivity contribution in [2.24, 2.45) is 0 Å². The molecule has 4 rings (SSSR count). The van der Waals surface area contributed by atoms with E-state index in [0.717, 1.165) is 48.9 Å². The highest BCUT2D eigenvalue weighted by Crippen LogP contribution is 2.33. The Labute approximate surface area is 119 Å². The maximum Gasteiger partial charge on any atom is 0.255 e. The molecule has 1 aromatic rings. The van der Waals surface area contributed by atoms with Gasteiger partial charge in [-0.05, 0) is 37.8 Å². The van der Waals surface area contributed by atoms with Crippen LogP contribution in [0.5, 0.6) is 0 Å². The molecule has 1 atom stereocenters. The first-order valence-electron chi connectivity index (χ1n) is 7.65. The Morgan fingerprint density at radius 2 is 2.00 bits per heavy atom. The summed E-state index contributed by atoms with van der Waals surface area (Å²) in [6, 6.07) is 6.99. The Morgan fingerprint density at radius 3 is 2.80 bits per heavy atom. The second kappa shape index (κ2) is 4.48. The molecule has 1 N–H and O–H groups in total. The average molecular weight is 271 g/mol. The molecule has 1 aromatic carbocycles. The highest BCUT2D eigenvalue weighted by molar-refractivity contribution is 6.03. The normalized spacial score (nSPS) is 26.6. The minimum Gasteiger partial charge on any atom is -0.349 e. The van der Waals surface area contributed by atoms with Gasteiger partial charge >= 0.3 is 0 Å². The summed E-state index contributed by atoms with van der Waals surface area (Å²) < 4.78 is 0. The third-order valence-electron chi connectivity index (χ3n) is 4.84. The van der Waals surface area contributed by atoms with Crippen molar-refractivity contribution in [3.8, 4) is 0 Å². The zero-order valence-corrected chi connectivity index (χ0v) is 11.9. The highest BCUT2D eigenvalue weighted by atomic mass is 16.2. The molecule has 0 radical (unpaired) electrons. The first-order valence-corrected chi connectivity index (χ1v) is 7.65. The van der Waals surface area contributed by atoms with Crippen LogP contribution in [-0.2, 0) is 0 Å². The van der Waals surface area contributed by atoms with Gasteiger partial charge in [-0.1, -0.05) is 12.1 Å². The van der Waals surface area contributed by atoms with Crippen LogP contribution in [0.1, 0.15) is 35.2 Å². The minimum absolute atomic E-state index is 0.0965. The molecule has 1 saturated heterocycles. The second-order valence-corrected chi connectivity index (χ2v) is 6.21. The molecule has 0 spiro atoms. The number of nitrogens with zero attached hydrogens (tertiary/aromatic N) is 2. The van der Waals surface area contributed by atoms with Crippen molar-refractivity contribution < 1.29 is 4.79 Å². The van der Waals surface area contributed by atoms with Gasteiger partial charge in [0.25, 0.3) is 5.91 Å². The molecule has 2 fully saturated rings. The van der Waals surface area contributed by atoms with Gasteiger partial charge in [0.1, 0.15) is 6.17 Å². The number of hydrogen-bond donors (Lipinski definition) is 1. The number of carbonyl (C=O) groups is 1. The number of nitrogens with one attached hydrogen (secondary N) is 1. The molecule has 4 nitrogen and oxygen atoms in total. The van der Waals surface area contributed by atoms with E-state index in [-0.39, 0.29) is 12.1 Å². The fourth-order valence-electron chi connectivity index (χ4n) is 3.60. The number of benzene rings is 1. The molecular weight excluding hydrogens is 250 g/mol. The van der Waals surface area contributed by atoms with Crippen molar-refractivity contribution in [2.75, 3.05) is 24.5 Å². The van der Waals surface area contributed by atoms with E-state index in [1.165, 1.54) is 12.8 Å². The molecule has 106 valence electrons. The van der Waals surface area contributed by atoms with Gasteiger partial charge in [-0.15, -0.1) is 0 Å². The molecule has 1 amide bonds. The van der Waals surface area contributed by atoms with E-state index in [9.17, 15) is 4.79 Å². The maximum absolute atomic E-state index is 12.3. The second-order valence-electron chi connectivity index (χ2n) is 6.21. The molecule has 1 aliphatic carbocycles. The van der Waals surface area contributed by atoms with Crippen LogP contribution in [0.3, 0.4) is 0 Å². The standard InChI is InChI=1S/C16H21N3O/c1-11-3-2-4-13-15(11)16(20)17-14-7-8-18(12-5-6-12)9-10-19(13)14/h2-4,12,14H,5-10H2,1H3,(H,17,20)/t14-/m1/s1. The molecule has 0 aromatic heterocycles. The molecule has 1 saturated carbocycles. The van der Waals surface area contributed by atoms with Gasteiger partial charge in [-0.3, -0.25) is 9.69 Å². The number of anilines is 1. The lowest BCUT2D eigenvalue weighted by Crippen LogP contribution is -2.53. The molecule has 0 bridgehead atoms. The van der Waals surface area contributed by atoms with Crippen LogP contribution >= 0.6 is 0 Å². The number of rotatable bonds is 1. The van der Waals surface area contributed by atoms with Crippen LogP contribution in [0, 0.1) is 6.92 Å². The molecule has 20 heavy (non-hydrogen) atoms. The third kappa shape index (κ3) is 1.90. The molecule has 2 aliphatic heterocycles. The summed E-state index contributed by atoms with van der Waals surface area (Å²) in [4.78, 5) is 17.3. The van der Waals surface area contributed by atoms with E-state index in [0.29, 0.717) is 0 Å². The summed E-state index contributed by atoms with van der Waals surface area (Å²) in [5.74, 6) is 0.0965. The van der Waals surface area contributed by atoms with Crippen LogP contribution in [0.25, 0.3) is 0 Å². The number of fused-ring (bicyclic) bond motifs is 3. The molecule has 3 aliphatic rings. The van der Waals surface area contributed by atoms with Gasteiger partial charge < -0.3 is 10.2 Å². The van der Waals surface area contributed by atoms with E-state index >= 15 is 0 Å². The molecule has 4 heteroatoms. The van der Waals surface area contributed by atoms with Crippen molar-refractivity contribution in [3.05, 3.63) is 29.3 Å². The molecular formula is C16H21N3O. The zero-order valence-electron chi connectivity index (χ0n) is 11.9. The number of aryl methyl sites for hydroxylation is 1. The van der Waals surface area contributed by atoms with Crippen LogP contribution < -0.4 is 10.2 Å². The largest absolute Gasteiger partial charge is 0.349 e. The zero-order chi connectivity index (χ0) is 13.7. The van der Waals surface area contributed by atoms with E-state index in [2.05, 4.69) is 27.2 Å². The van der Waals surface area contributed by atoms with Crippen molar-refractivity contribution in [1.82, 2.24) is 10.2 Å². The van der Waals surface area contributed by atoms with Crippen molar-refractivity contribution in [1.29, 1.82) is 0 Å². The summed E-state index contributed by atoms with van der Waals surface area (Å²) in [6.07, 6.45) is 3.90. The summed E-state index contributed by atoms with van der Waals surface area (Å²) in [6.45, 7) is 5.25. The fourth-order valence-corrected chi connectivity index (χ4v) is 3.60. The average Bonchev–Trinajstić information content (AvgIpc) is 3.24. The first-order chi connectivity index (χ1) is 9.74. The van der Waals surface area contributed by atoms with Gasteiger partial charge in [0.05, 0.1) is 11.3 Å². The van der Waals surface area contributed by atoms with Crippen molar-refractivity contribution >= 4 is 11.6 Å². The van der Waals surface area contributed by atoms with Crippen molar-refractivity contribution in [2.45, 2.75) is 38.4 Å². The SMILES string of the molecule is Cc1cccc2c1C(=O)N[C@H]1CCN(C3CC3)CCN21. The van der Waals surface area contributed by atoms with Crippen LogP contribution in [0.15, 0.2) is 18.2 Å². The lowest BCUT2D eigenvalue weighted by atomic mass is 10.0. The maximum atomic E-state index is 12.3. The van der Waals surface area contributed by atoms with Crippen LogP contribution in [-0.4, -0.2) is 42.6 Å². The van der Waals surface area contributed by atoms with E-state index in [1.807, 2.05) is 13.0 Å². The summed E-state index contributed by atoms with van der Waals surface area (Å²) in [5, 5.41) is 3.20. The Balaban J connectivity index is 1.67. The Morgan fingerprint density at radius 1 is 1.15 bits per heavy atom. The summed E-state index contributed by atoms with van der Waals surface area (Å²) in [5.41, 5.74) is 3.06. The predicted octanol–water partition coefficient (Wildman–Crippen LogP) is 1.74. The van der Waals surface area contributed by atoms with Gasteiger partial charge in [0.2, 0.25) is 0 Å². The molecule has 0 unspecified atom stereocenters. The number of amides is 1. The lowest BCUT2D eigenvalue weighted by Gasteiger charge is -2.38. The minimum atomic E-state index is 0.0965. The quantitative estimate of drug-likeness (QED) is 0.845. The Bertz CT molecular complexity index is 553. The van der Waals surface area contributed by atoms with Gasteiger partial charge in [-0.2, -0.15) is 0 Å². The predicted molar refractivity (Wildman–Crippen MR) is 79.0 cm³/mol. The van der Waals surface area contributed by atoms with Crippen LogP contribution in [0.4, 0.5) is 5.69 Å².